The SMILES string of the molecule is Cc1ccc2[nH]ncc2c1-c1ncc2c(N3CC4CCC(C3)N4)nc(OCC3(CN4CCC5(CC4)CC(N4CCC(c6ccc7c8c(cccc68)C(=O)N7C6CCC(=O)NC6=O)CC4)C5)CC3)nc2c1F. The van der Waals surface area contributed by atoms with E-state index in [9.17, 15) is 14.4 Å². The van der Waals surface area contributed by atoms with E-state index in [1.165, 1.54) is 31.2 Å². The number of halogens is 1. The first-order valence-corrected chi connectivity index (χ1v) is 26.2. The number of carbonyl (C=O) groups excluding carboxylic acids is 3. The first kappa shape index (κ1) is 43.7. The molecular formula is C55H60FN11O4. The number of anilines is 2. The number of aromatic nitrogens is 5. The second-order valence-corrected chi connectivity index (χ2v) is 22.6. The summed E-state index contributed by atoms with van der Waals surface area (Å²) in [6.45, 7) is 9.46. The van der Waals surface area contributed by atoms with Crippen LogP contribution in [-0.4, -0.2) is 129 Å². The van der Waals surface area contributed by atoms with Crippen LogP contribution in [0.4, 0.5) is 15.9 Å². The van der Waals surface area contributed by atoms with Gasteiger partial charge in [0.2, 0.25) is 11.8 Å². The zero-order valence-corrected chi connectivity index (χ0v) is 40.3. The van der Waals surface area contributed by atoms with Crippen molar-refractivity contribution in [1.82, 2.24) is 45.6 Å². The molecule has 1 spiro atoms. The molecule has 3 aromatic heterocycles. The van der Waals surface area contributed by atoms with Gasteiger partial charge in [-0.05, 0) is 150 Å². The summed E-state index contributed by atoms with van der Waals surface area (Å²) in [5.41, 5.74) is 6.17. The van der Waals surface area contributed by atoms with Crippen molar-refractivity contribution in [2.24, 2.45) is 10.8 Å². The number of fused-ring (bicyclic) bond motifs is 4. The first-order chi connectivity index (χ1) is 34.6. The van der Waals surface area contributed by atoms with Crippen LogP contribution in [-0.2, 0) is 9.59 Å². The minimum absolute atomic E-state index is 0.0487. The summed E-state index contributed by atoms with van der Waals surface area (Å²) >= 11 is 0. The van der Waals surface area contributed by atoms with Gasteiger partial charge in [0, 0.05) is 77.7 Å². The third-order valence-electron chi connectivity index (χ3n) is 18.3. The molecule has 2 saturated carbocycles. The highest BCUT2D eigenvalue weighted by molar-refractivity contribution is 6.27. The molecule has 3 N–H and O–H groups in total. The maximum Gasteiger partial charge on any atom is 0.319 e. The highest BCUT2D eigenvalue weighted by Crippen LogP contribution is 2.54. The monoisotopic (exact) mass is 957 g/mol. The minimum atomic E-state index is -0.676. The number of imide groups is 1. The summed E-state index contributed by atoms with van der Waals surface area (Å²) in [5, 5.41) is 16.9. The van der Waals surface area contributed by atoms with Gasteiger partial charge < -0.3 is 24.8 Å². The van der Waals surface area contributed by atoms with Crippen molar-refractivity contribution in [2.45, 2.75) is 114 Å². The number of H-pyrrole nitrogens is 1. The summed E-state index contributed by atoms with van der Waals surface area (Å²) in [6, 6.07) is 15.1. The van der Waals surface area contributed by atoms with Crippen molar-refractivity contribution < 1.29 is 23.5 Å². The molecule has 15 nitrogen and oxygen atoms in total. The Kier molecular flexibility index (Phi) is 10.1. The molecule has 14 rings (SSSR count). The molecule has 3 amide bonds. The lowest BCUT2D eigenvalue weighted by Gasteiger charge is -2.56. The number of aryl methyl sites for hydroxylation is 1. The van der Waals surface area contributed by atoms with Gasteiger partial charge in [-0.1, -0.05) is 24.3 Å². The quantitative estimate of drug-likeness (QED) is 0.119. The molecule has 3 aromatic carbocycles. The van der Waals surface area contributed by atoms with Gasteiger partial charge >= 0.3 is 6.01 Å². The molecule has 16 heteroatoms. The number of likely N-dealkylation sites (tertiary alicyclic amines) is 2. The van der Waals surface area contributed by atoms with Crippen LogP contribution in [0, 0.1) is 23.6 Å². The maximum atomic E-state index is 17.0. The molecule has 2 bridgehead atoms. The zero-order chi connectivity index (χ0) is 47.8. The number of nitrogens with zero attached hydrogens (tertiary/aromatic N) is 8. The third kappa shape index (κ3) is 7.32. The van der Waals surface area contributed by atoms with Gasteiger partial charge in [0.25, 0.3) is 5.91 Å². The standard InChI is InChI=1S/C55H60FN11O4/c1-31-5-9-41-39(26-58-63-41)45(31)49-47(56)48-40(25-57-49)50(66-27-33-6-7-34(28-66)59-33)62-53(61-48)71-30-55(15-16-55)29-64-21-17-54(18-22-64)23-35(24-54)65-19-13-32(14-20-65)36-8-10-42-46-37(36)3-2-4-38(46)52(70)67(42)43-11-12-44(68)60-51(43)69/h2-5,8-10,25-26,32-35,43,59H,6-7,11-24,27-30H2,1H3,(H,58,63)(H,60,68,69). The van der Waals surface area contributed by atoms with Crippen molar-refractivity contribution in [1.29, 1.82) is 0 Å². The molecular weight excluding hydrogens is 898 g/mol. The van der Waals surface area contributed by atoms with Gasteiger partial charge in [-0.2, -0.15) is 15.1 Å². The van der Waals surface area contributed by atoms with Crippen LogP contribution in [0.3, 0.4) is 0 Å². The van der Waals surface area contributed by atoms with E-state index in [1.54, 1.807) is 17.3 Å². The van der Waals surface area contributed by atoms with E-state index in [1.807, 2.05) is 37.3 Å². The lowest BCUT2D eigenvalue weighted by Crippen LogP contribution is -2.56. The molecule has 3 unspecified atom stereocenters. The number of pyridine rings is 1. The molecule has 2 aliphatic carbocycles. The van der Waals surface area contributed by atoms with Crippen LogP contribution < -0.4 is 25.2 Å². The highest BCUT2D eigenvalue weighted by atomic mass is 19.1. The van der Waals surface area contributed by atoms with E-state index in [2.05, 4.69) is 47.7 Å². The van der Waals surface area contributed by atoms with E-state index in [-0.39, 0.29) is 40.9 Å². The molecule has 9 heterocycles. The van der Waals surface area contributed by atoms with Crippen molar-refractivity contribution >= 4 is 61.8 Å². The van der Waals surface area contributed by atoms with Crippen LogP contribution in [0.1, 0.15) is 104 Å². The molecule has 71 heavy (non-hydrogen) atoms. The number of aromatic amines is 1. The zero-order valence-electron chi connectivity index (χ0n) is 40.3. The number of ether oxygens (including phenoxy) is 1. The van der Waals surface area contributed by atoms with Gasteiger partial charge in [-0.15, -0.1) is 0 Å². The van der Waals surface area contributed by atoms with Crippen LogP contribution >= 0.6 is 0 Å². The summed E-state index contributed by atoms with van der Waals surface area (Å²) in [7, 11) is 0. The van der Waals surface area contributed by atoms with E-state index in [4.69, 9.17) is 19.7 Å². The number of piperazine rings is 1. The fraction of sp³-hybridized carbons (Fsp3) is 0.509. The van der Waals surface area contributed by atoms with Gasteiger partial charge in [0.1, 0.15) is 23.1 Å². The Morgan fingerprint density at radius 3 is 2.42 bits per heavy atom. The average Bonchev–Trinajstić information content (AvgIpc) is 3.64. The van der Waals surface area contributed by atoms with Crippen molar-refractivity contribution in [2.75, 3.05) is 62.2 Å². The van der Waals surface area contributed by atoms with Crippen molar-refractivity contribution in [3.8, 4) is 17.3 Å². The Morgan fingerprint density at radius 2 is 1.65 bits per heavy atom. The fourth-order valence-electron chi connectivity index (χ4n) is 14.1. The normalized spacial score (nSPS) is 25.5. The Morgan fingerprint density at radius 1 is 0.845 bits per heavy atom. The number of carbonyl (C=O) groups is 3. The Labute approximate surface area is 411 Å². The number of hydrogen-bond donors (Lipinski definition) is 3. The molecule has 7 fully saturated rings. The summed E-state index contributed by atoms with van der Waals surface area (Å²) in [6.07, 6.45) is 15.7. The smallest absolute Gasteiger partial charge is 0.319 e. The molecule has 8 aliphatic rings. The minimum Gasteiger partial charge on any atom is -0.463 e. The highest BCUT2D eigenvalue weighted by Gasteiger charge is 2.51. The van der Waals surface area contributed by atoms with Gasteiger partial charge in [0.15, 0.2) is 5.82 Å². The lowest BCUT2D eigenvalue weighted by molar-refractivity contribution is -0.134. The predicted molar refractivity (Wildman–Crippen MR) is 268 cm³/mol. The summed E-state index contributed by atoms with van der Waals surface area (Å²) < 4.78 is 23.6. The summed E-state index contributed by atoms with van der Waals surface area (Å²) in [4.78, 5) is 62.4. The molecule has 0 radical (unpaired) electrons. The predicted octanol–water partition coefficient (Wildman–Crippen LogP) is 7.16. The largest absolute Gasteiger partial charge is 0.463 e. The van der Waals surface area contributed by atoms with Crippen LogP contribution in [0.25, 0.3) is 43.8 Å². The van der Waals surface area contributed by atoms with Crippen LogP contribution in [0.2, 0.25) is 0 Å². The molecule has 6 aromatic rings. The number of hydrogen-bond acceptors (Lipinski definition) is 12. The number of benzene rings is 3. The topological polar surface area (TPSA) is 165 Å². The molecule has 5 saturated heterocycles. The van der Waals surface area contributed by atoms with Gasteiger partial charge in [0.05, 0.1) is 29.4 Å². The molecule has 3 atom stereocenters. The number of amides is 3. The third-order valence-corrected chi connectivity index (χ3v) is 18.3. The molecule has 6 aliphatic heterocycles. The lowest BCUT2D eigenvalue weighted by atomic mass is 9.59. The van der Waals surface area contributed by atoms with Gasteiger partial charge in [-0.25, -0.2) is 4.39 Å². The maximum absolute atomic E-state index is 17.0. The Bertz CT molecular complexity index is 3170. The second-order valence-electron chi connectivity index (χ2n) is 22.6. The van der Waals surface area contributed by atoms with Crippen molar-refractivity contribution in [3.63, 3.8) is 0 Å². The van der Waals surface area contributed by atoms with E-state index < -0.39 is 17.8 Å². The second kappa shape index (κ2) is 16.5. The summed E-state index contributed by atoms with van der Waals surface area (Å²) in [5.74, 6) is -0.185. The average molecular weight is 958 g/mol. The molecule has 366 valence electrons. The number of rotatable bonds is 10. The fourth-order valence-corrected chi connectivity index (χ4v) is 14.1. The number of nitrogens with one attached hydrogen (secondary N) is 3. The first-order valence-electron chi connectivity index (χ1n) is 26.2. The van der Waals surface area contributed by atoms with E-state index in [0.29, 0.717) is 64.8 Å². The Hall–Kier alpha value is -6.10. The van der Waals surface area contributed by atoms with Crippen molar-refractivity contribution in [3.05, 3.63) is 77.4 Å². The van der Waals surface area contributed by atoms with Gasteiger partial charge in [-0.3, -0.25) is 34.7 Å². The van der Waals surface area contributed by atoms with E-state index >= 15 is 4.39 Å². The van der Waals surface area contributed by atoms with Crippen LogP contribution in [0.15, 0.2) is 54.9 Å². The van der Waals surface area contributed by atoms with Crippen LogP contribution in [0.5, 0.6) is 6.01 Å². The number of piperidine rings is 3. The Balaban J connectivity index is 0.612. The van der Waals surface area contributed by atoms with E-state index in [0.717, 1.165) is 117 Å².